The van der Waals surface area contributed by atoms with Crippen LogP contribution in [-0.4, -0.2) is 19.6 Å². The maximum Gasteiger partial charge on any atom is 0.146 e. The van der Waals surface area contributed by atoms with E-state index in [-0.39, 0.29) is 11.9 Å². The van der Waals surface area contributed by atoms with Crippen molar-refractivity contribution < 1.29 is 4.39 Å². The first kappa shape index (κ1) is 18.0. The number of nitrogens with zero attached hydrogens (tertiary/aromatic N) is 1. The van der Waals surface area contributed by atoms with Crippen LogP contribution in [0.4, 0.5) is 10.1 Å². The van der Waals surface area contributed by atoms with Crippen molar-refractivity contribution >= 4 is 5.69 Å². The number of hydrogen-bond donors (Lipinski definition) is 1. The molecule has 0 spiro atoms. The maximum atomic E-state index is 14.5. The Hall–Kier alpha value is -1.09. The number of nitrogens with one attached hydrogen (secondary N) is 1. The predicted octanol–water partition coefficient (Wildman–Crippen LogP) is 4.90. The zero-order valence-electron chi connectivity index (χ0n) is 14.1. The molecule has 0 heterocycles. The lowest BCUT2D eigenvalue weighted by Gasteiger charge is -2.29. The summed E-state index contributed by atoms with van der Waals surface area (Å²) in [6.45, 7) is 11.3. The van der Waals surface area contributed by atoms with E-state index in [0.717, 1.165) is 56.6 Å². The quantitative estimate of drug-likeness (QED) is 0.660. The highest BCUT2D eigenvalue weighted by molar-refractivity contribution is 5.56. The van der Waals surface area contributed by atoms with Crippen LogP contribution in [0.5, 0.6) is 0 Å². The number of rotatable bonds is 10. The van der Waals surface area contributed by atoms with E-state index in [2.05, 4.69) is 44.0 Å². The van der Waals surface area contributed by atoms with Crippen LogP contribution in [0.25, 0.3) is 0 Å². The molecule has 1 aromatic carbocycles. The fourth-order valence-electron chi connectivity index (χ4n) is 2.66. The Bertz CT molecular complexity index is 398. The van der Waals surface area contributed by atoms with Gasteiger partial charge in [-0.05, 0) is 37.9 Å². The monoisotopic (exact) mass is 294 g/mol. The molecule has 0 aliphatic rings. The van der Waals surface area contributed by atoms with E-state index in [1.165, 1.54) is 0 Å². The molecule has 21 heavy (non-hydrogen) atoms. The second-order valence-corrected chi connectivity index (χ2v) is 5.65. The van der Waals surface area contributed by atoms with Gasteiger partial charge in [-0.25, -0.2) is 4.39 Å². The molecular weight excluding hydrogens is 263 g/mol. The van der Waals surface area contributed by atoms with Crippen molar-refractivity contribution in [2.24, 2.45) is 0 Å². The molecule has 0 fully saturated rings. The molecule has 0 aliphatic carbocycles. The van der Waals surface area contributed by atoms with Crippen molar-refractivity contribution in [2.45, 2.75) is 59.4 Å². The van der Waals surface area contributed by atoms with Crippen molar-refractivity contribution in [1.82, 2.24) is 5.32 Å². The van der Waals surface area contributed by atoms with Gasteiger partial charge >= 0.3 is 0 Å². The average molecular weight is 294 g/mol. The highest BCUT2D eigenvalue weighted by atomic mass is 19.1. The molecule has 0 saturated heterocycles. The number of para-hydroxylation sites is 1. The third-order valence-electron chi connectivity index (χ3n) is 3.87. The topological polar surface area (TPSA) is 15.3 Å². The molecule has 1 unspecified atom stereocenters. The highest BCUT2D eigenvalue weighted by Crippen LogP contribution is 2.30. The fraction of sp³-hybridized carbons (Fsp3) is 0.667. The summed E-state index contributed by atoms with van der Waals surface area (Å²) < 4.78 is 14.5. The van der Waals surface area contributed by atoms with Crippen LogP contribution < -0.4 is 10.2 Å². The Morgan fingerprint density at radius 2 is 1.71 bits per heavy atom. The number of unbranched alkanes of at least 4 members (excludes halogenated alkanes) is 2. The number of halogens is 1. The highest BCUT2D eigenvalue weighted by Gasteiger charge is 2.18. The fourth-order valence-corrected chi connectivity index (χ4v) is 2.66. The Kier molecular flexibility index (Phi) is 8.36. The molecule has 1 rings (SSSR count). The molecular formula is C18H31FN2. The lowest BCUT2D eigenvalue weighted by Crippen LogP contribution is -2.29. The van der Waals surface area contributed by atoms with Crippen LogP contribution in [0.3, 0.4) is 0 Å². The summed E-state index contributed by atoms with van der Waals surface area (Å²) in [5.74, 6) is -0.0931. The van der Waals surface area contributed by atoms with Crippen LogP contribution in [0.15, 0.2) is 18.2 Å². The van der Waals surface area contributed by atoms with E-state index in [1.54, 1.807) is 6.07 Å². The minimum absolute atomic E-state index is 0.0931. The van der Waals surface area contributed by atoms with Crippen molar-refractivity contribution in [3.8, 4) is 0 Å². The lowest BCUT2D eigenvalue weighted by atomic mass is 10.0. The molecule has 0 bridgehead atoms. The smallest absolute Gasteiger partial charge is 0.146 e. The Morgan fingerprint density at radius 3 is 2.24 bits per heavy atom. The predicted molar refractivity (Wildman–Crippen MR) is 90.5 cm³/mol. The van der Waals surface area contributed by atoms with E-state index in [1.807, 2.05) is 6.07 Å². The molecule has 0 aromatic heterocycles. The van der Waals surface area contributed by atoms with Gasteiger partial charge in [0.05, 0.1) is 5.69 Å². The van der Waals surface area contributed by atoms with Gasteiger partial charge in [-0.15, -0.1) is 0 Å². The third-order valence-corrected chi connectivity index (χ3v) is 3.87. The molecule has 2 nitrogen and oxygen atoms in total. The minimum Gasteiger partial charge on any atom is -0.369 e. The van der Waals surface area contributed by atoms with Gasteiger partial charge in [0.2, 0.25) is 0 Å². The van der Waals surface area contributed by atoms with Crippen molar-refractivity contribution in [1.29, 1.82) is 0 Å². The second-order valence-electron chi connectivity index (χ2n) is 5.65. The molecule has 0 amide bonds. The summed E-state index contributed by atoms with van der Waals surface area (Å²) in [6, 6.07) is 5.63. The average Bonchev–Trinajstić information content (AvgIpc) is 2.48. The van der Waals surface area contributed by atoms with Gasteiger partial charge < -0.3 is 10.2 Å². The zero-order chi connectivity index (χ0) is 15.7. The van der Waals surface area contributed by atoms with E-state index in [4.69, 9.17) is 0 Å². The second kappa shape index (κ2) is 9.78. The Morgan fingerprint density at radius 1 is 1.10 bits per heavy atom. The summed E-state index contributed by atoms with van der Waals surface area (Å²) in [7, 11) is 0. The summed E-state index contributed by atoms with van der Waals surface area (Å²) >= 11 is 0. The summed E-state index contributed by atoms with van der Waals surface area (Å²) in [5.41, 5.74) is 1.87. The summed E-state index contributed by atoms with van der Waals surface area (Å²) in [4.78, 5) is 2.24. The van der Waals surface area contributed by atoms with Gasteiger partial charge in [0.1, 0.15) is 5.82 Å². The SMILES string of the molecule is CCCCN(CCCC)c1c(F)cccc1C(C)NCC. The molecule has 0 aliphatic heterocycles. The van der Waals surface area contributed by atoms with Gasteiger partial charge in [0.15, 0.2) is 0 Å². The van der Waals surface area contributed by atoms with Crippen LogP contribution in [0.2, 0.25) is 0 Å². The van der Waals surface area contributed by atoms with Crippen molar-refractivity contribution in [2.75, 3.05) is 24.5 Å². The lowest BCUT2D eigenvalue weighted by molar-refractivity contribution is 0.569. The summed E-state index contributed by atoms with van der Waals surface area (Å²) in [6.07, 6.45) is 4.48. The number of anilines is 1. The number of benzene rings is 1. The van der Waals surface area contributed by atoms with Crippen LogP contribution >= 0.6 is 0 Å². The Balaban J connectivity index is 3.08. The molecule has 0 saturated carbocycles. The van der Waals surface area contributed by atoms with Gasteiger partial charge in [-0.2, -0.15) is 0 Å². The Labute approximate surface area is 129 Å². The summed E-state index contributed by atoms with van der Waals surface area (Å²) in [5, 5.41) is 3.40. The minimum atomic E-state index is -0.0931. The zero-order valence-corrected chi connectivity index (χ0v) is 14.1. The molecule has 1 N–H and O–H groups in total. The number of hydrogen-bond acceptors (Lipinski definition) is 2. The van der Waals surface area contributed by atoms with Crippen molar-refractivity contribution in [3.63, 3.8) is 0 Å². The third kappa shape index (κ3) is 5.31. The first-order valence-electron chi connectivity index (χ1n) is 8.42. The van der Waals surface area contributed by atoms with E-state index in [9.17, 15) is 4.39 Å². The van der Waals surface area contributed by atoms with Gasteiger partial charge in [-0.3, -0.25) is 0 Å². The van der Waals surface area contributed by atoms with Crippen LogP contribution in [0, 0.1) is 5.82 Å². The molecule has 1 aromatic rings. The van der Waals surface area contributed by atoms with Crippen LogP contribution in [0.1, 0.15) is 65.0 Å². The normalized spacial score (nSPS) is 12.4. The van der Waals surface area contributed by atoms with Gasteiger partial charge in [0.25, 0.3) is 0 Å². The molecule has 1 atom stereocenters. The van der Waals surface area contributed by atoms with Crippen molar-refractivity contribution in [3.05, 3.63) is 29.6 Å². The van der Waals surface area contributed by atoms with E-state index >= 15 is 0 Å². The van der Waals surface area contributed by atoms with Gasteiger partial charge in [-0.1, -0.05) is 45.7 Å². The standard InChI is InChI=1S/C18H31FN2/c1-5-8-13-21(14-9-6-2)18-16(15(4)20-7-3)11-10-12-17(18)19/h10-12,15,20H,5-9,13-14H2,1-4H3. The first-order chi connectivity index (χ1) is 10.2. The molecule has 3 heteroatoms. The molecule has 120 valence electrons. The van der Waals surface area contributed by atoms with E-state index < -0.39 is 0 Å². The maximum absolute atomic E-state index is 14.5. The van der Waals surface area contributed by atoms with E-state index in [0.29, 0.717) is 0 Å². The molecule has 0 radical (unpaired) electrons. The van der Waals surface area contributed by atoms with Gasteiger partial charge in [0, 0.05) is 19.1 Å². The van der Waals surface area contributed by atoms with Crippen LogP contribution in [-0.2, 0) is 0 Å². The first-order valence-corrected chi connectivity index (χ1v) is 8.42. The largest absolute Gasteiger partial charge is 0.369 e.